The Labute approximate surface area is 194 Å². The van der Waals surface area contributed by atoms with Crippen LogP contribution in [0.15, 0.2) is 53.4 Å². The molecule has 1 aliphatic rings. The molecule has 1 heterocycles. The van der Waals surface area contributed by atoms with Crippen molar-refractivity contribution in [3.05, 3.63) is 59.7 Å². The molecule has 1 saturated heterocycles. The Hall–Kier alpha value is -3.17. The van der Waals surface area contributed by atoms with E-state index in [0.717, 1.165) is 24.8 Å². The number of anilines is 1. The molecule has 3 rings (SSSR count). The predicted octanol–water partition coefficient (Wildman–Crippen LogP) is 3.37. The van der Waals surface area contributed by atoms with Gasteiger partial charge in [0.25, 0.3) is 5.91 Å². The highest BCUT2D eigenvalue weighted by Gasteiger charge is 2.26. The first kappa shape index (κ1) is 24.5. The minimum Gasteiger partial charge on any atom is -0.497 e. The zero-order chi connectivity index (χ0) is 23.8. The van der Waals surface area contributed by atoms with Crippen LogP contribution in [-0.4, -0.2) is 51.4 Å². The summed E-state index contributed by atoms with van der Waals surface area (Å²) in [6.07, 6.45) is 5.50. The molecule has 176 valence electrons. The Morgan fingerprint density at radius 1 is 1.06 bits per heavy atom. The Kier molecular flexibility index (Phi) is 8.24. The van der Waals surface area contributed by atoms with Crippen LogP contribution < -0.4 is 10.1 Å². The molecule has 0 atom stereocenters. The largest absolute Gasteiger partial charge is 0.497 e. The highest BCUT2D eigenvalue weighted by molar-refractivity contribution is 7.89. The smallest absolute Gasteiger partial charge is 0.331 e. The Morgan fingerprint density at radius 3 is 2.42 bits per heavy atom. The van der Waals surface area contributed by atoms with Crippen molar-refractivity contribution >= 4 is 33.7 Å². The minimum absolute atomic E-state index is 0.129. The summed E-state index contributed by atoms with van der Waals surface area (Å²) in [6, 6.07) is 11.7. The summed E-state index contributed by atoms with van der Waals surface area (Å²) in [5, 5.41) is 2.63. The number of nitrogens with zero attached hydrogens (tertiary/aromatic N) is 1. The van der Waals surface area contributed by atoms with Gasteiger partial charge in [0.1, 0.15) is 5.75 Å². The normalized spacial score (nSPS) is 14.7. The van der Waals surface area contributed by atoms with Gasteiger partial charge in [-0.25, -0.2) is 13.2 Å². The molecule has 1 fully saturated rings. The van der Waals surface area contributed by atoms with Crippen molar-refractivity contribution in [2.75, 3.05) is 32.1 Å². The summed E-state index contributed by atoms with van der Waals surface area (Å²) in [5.74, 6) is -0.523. The van der Waals surface area contributed by atoms with Gasteiger partial charge in [-0.15, -0.1) is 0 Å². The third kappa shape index (κ3) is 6.66. The van der Waals surface area contributed by atoms with E-state index in [0.29, 0.717) is 30.1 Å². The number of esters is 1. The minimum atomic E-state index is -3.62. The molecule has 0 radical (unpaired) electrons. The molecule has 1 N–H and O–H groups in total. The molecular formula is C24H28N2O6S. The first-order chi connectivity index (χ1) is 15.8. The quantitative estimate of drug-likeness (QED) is 0.467. The molecule has 2 aromatic carbocycles. The number of hydrogen-bond acceptors (Lipinski definition) is 6. The molecule has 0 spiro atoms. The maximum absolute atomic E-state index is 12.9. The van der Waals surface area contributed by atoms with Crippen LogP contribution >= 0.6 is 0 Å². The van der Waals surface area contributed by atoms with Crippen molar-refractivity contribution in [1.82, 2.24) is 4.31 Å². The molecule has 0 bridgehead atoms. The molecule has 33 heavy (non-hydrogen) atoms. The van der Waals surface area contributed by atoms with E-state index in [1.165, 1.54) is 16.4 Å². The van der Waals surface area contributed by atoms with Gasteiger partial charge in [-0.3, -0.25) is 4.79 Å². The van der Waals surface area contributed by atoms with Gasteiger partial charge in [0.2, 0.25) is 10.0 Å². The summed E-state index contributed by atoms with van der Waals surface area (Å²) in [6.45, 7) is 2.26. The summed E-state index contributed by atoms with van der Waals surface area (Å²) >= 11 is 0. The topological polar surface area (TPSA) is 102 Å². The maximum atomic E-state index is 12.9. The maximum Gasteiger partial charge on any atom is 0.331 e. The fraction of sp³-hybridized carbons (Fsp3) is 0.333. The van der Waals surface area contributed by atoms with Gasteiger partial charge in [-0.2, -0.15) is 4.31 Å². The lowest BCUT2D eigenvalue weighted by molar-refractivity contribution is -0.142. The fourth-order valence-electron chi connectivity index (χ4n) is 3.40. The number of benzene rings is 2. The van der Waals surface area contributed by atoms with Gasteiger partial charge in [-0.05, 0) is 61.2 Å². The van der Waals surface area contributed by atoms with E-state index in [1.807, 2.05) is 0 Å². The van der Waals surface area contributed by atoms with Crippen molar-refractivity contribution in [1.29, 1.82) is 0 Å². The molecular weight excluding hydrogens is 444 g/mol. The Bertz CT molecular complexity index is 1120. The lowest BCUT2D eigenvalue weighted by atomic mass is 10.2. The third-order valence-electron chi connectivity index (χ3n) is 5.31. The number of aryl methyl sites for hydroxylation is 1. The van der Waals surface area contributed by atoms with Gasteiger partial charge in [0.15, 0.2) is 6.61 Å². The van der Waals surface area contributed by atoms with E-state index in [1.54, 1.807) is 56.5 Å². The third-order valence-corrected chi connectivity index (χ3v) is 7.20. The van der Waals surface area contributed by atoms with E-state index < -0.39 is 28.5 Å². The number of amides is 1. The van der Waals surface area contributed by atoms with Crippen molar-refractivity contribution in [3.8, 4) is 5.75 Å². The molecule has 9 heteroatoms. The molecule has 0 saturated carbocycles. The van der Waals surface area contributed by atoms with Crippen LogP contribution in [0.3, 0.4) is 0 Å². The van der Waals surface area contributed by atoms with Gasteiger partial charge >= 0.3 is 5.97 Å². The number of hydrogen-bond donors (Lipinski definition) is 1. The second kappa shape index (κ2) is 11.1. The number of carbonyl (C=O) groups excluding carboxylic acids is 2. The molecule has 0 aliphatic carbocycles. The second-order valence-corrected chi connectivity index (χ2v) is 9.64. The van der Waals surface area contributed by atoms with Crippen molar-refractivity contribution in [2.45, 2.75) is 31.1 Å². The van der Waals surface area contributed by atoms with Gasteiger partial charge in [0, 0.05) is 24.9 Å². The highest BCUT2D eigenvalue weighted by Crippen LogP contribution is 2.25. The summed E-state index contributed by atoms with van der Waals surface area (Å²) in [5.41, 5.74) is 1.84. The molecule has 1 amide bonds. The number of piperidine rings is 1. The van der Waals surface area contributed by atoms with Gasteiger partial charge < -0.3 is 14.8 Å². The van der Waals surface area contributed by atoms with E-state index in [9.17, 15) is 18.0 Å². The first-order valence-electron chi connectivity index (χ1n) is 10.7. The van der Waals surface area contributed by atoms with E-state index in [4.69, 9.17) is 9.47 Å². The lowest BCUT2D eigenvalue weighted by Crippen LogP contribution is -2.35. The summed E-state index contributed by atoms with van der Waals surface area (Å²) < 4.78 is 37.4. The Balaban J connectivity index is 1.57. The van der Waals surface area contributed by atoms with Crippen LogP contribution in [0.1, 0.15) is 30.4 Å². The number of carbonyl (C=O) groups is 2. The van der Waals surface area contributed by atoms with E-state index in [2.05, 4.69) is 5.32 Å². The van der Waals surface area contributed by atoms with E-state index >= 15 is 0 Å². The average molecular weight is 473 g/mol. The van der Waals surface area contributed by atoms with Crippen LogP contribution in [0.2, 0.25) is 0 Å². The molecule has 2 aromatic rings. The molecule has 0 aromatic heterocycles. The first-order valence-corrected chi connectivity index (χ1v) is 12.1. The highest BCUT2D eigenvalue weighted by atomic mass is 32.2. The van der Waals surface area contributed by atoms with E-state index in [-0.39, 0.29) is 4.90 Å². The number of methoxy groups -OCH3 is 1. The van der Waals surface area contributed by atoms with Crippen molar-refractivity contribution in [2.24, 2.45) is 0 Å². The SMILES string of the molecule is COc1ccc(/C=C/C(=O)OCC(=O)Nc2cc(S(=O)(=O)N3CCCCC3)ccc2C)cc1. The second-order valence-electron chi connectivity index (χ2n) is 7.70. The van der Waals surface area contributed by atoms with Gasteiger partial charge in [-0.1, -0.05) is 24.6 Å². The number of rotatable bonds is 8. The number of sulfonamides is 1. The zero-order valence-corrected chi connectivity index (χ0v) is 19.6. The fourth-order valence-corrected chi connectivity index (χ4v) is 4.94. The van der Waals surface area contributed by atoms with Crippen LogP contribution in [-0.2, 0) is 24.3 Å². The van der Waals surface area contributed by atoms with Gasteiger partial charge in [0.05, 0.1) is 12.0 Å². The summed E-state index contributed by atoms with van der Waals surface area (Å²) in [4.78, 5) is 24.3. The van der Waals surface area contributed by atoms with Crippen molar-refractivity contribution < 1.29 is 27.5 Å². The van der Waals surface area contributed by atoms with Crippen LogP contribution in [0.4, 0.5) is 5.69 Å². The van der Waals surface area contributed by atoms with Crippen LogP contribution in [0.5, 0.6) is 5.75 Å². The monoisotopic (exact) mass is 472 g/mol. The number of ether oxygens (including phenoxy) is 2. The predicted molar refractivity (Wildman–Crippen MR) is 125 cm³/mol. The summed E-state index contributed by atoms with van der Waals surface area (Å²) in [7, 11) is -2.05. The average Bonchev–Trinajstić information content (AvgIpc) is 2.83. The lowest BCUT2D eigenvalue weighted by Gasteiger charge is -2.26. The Morgan fingerprint density at radius 2 is 1.76 bits per heavy atom. The molecule has 1 aliphatic heterocycles. The zero-order valence-electron chi connectivity index (χ0n) is 18.7. The number of nitrogens with one attached hydrogen (secondary N) is 1. The van der Waals surface area contributed by atoms with Crippen LogP contribution in [0.25, 0.3) is 6.08 Å². The van der Waals surface area contributed by atoms with Crippen molar-refractivity contribution in [3.63, 3.8) is 0 Å². The molecule has 8 nitrogen and oxygen atoms in total. The van der Waals surface area contributed by atoms with Crippen LogP contribution in [0, 0.1) is 6.92 Å². The molecule has 0 unspecified atom stereocenters. The standard InChI is InChI=1S/C24H28N2O6S/c1-18-6-12-21(33(29,30)26-14-4-3-5-15-26)16-22(18)25-23(27)17-32-24(28)13-9-19-7-10-20(31-2)11-8-19/h6-13,16H,3-5,14-15,17H2,1-2H3,(H,25,27)/b13-9+.